The zero-order valence-electron chi connectivity index (χ0n) is 17.6. The minimum atomic E-state index is 0.808. The van der Waals surface area contributed by atoms with Gasteiger partial charge in [0.25, 0.3) is 0 Å². The molecular formula is C22H43N. The number of fused-ring (bicyclic) bond motifs is 1. The maximum atomic E-state index is 4.50. The van der Waals surface area contributed by atoms with E-state index in [0.717, 1.165) is 12.3 Å². The number of rotatable bonds is 3. The van der Waals surface area contributed by atoms with Crippen molar-refractivity contribution in [2.45, 2.75) is 81.6 Å². The van der Waals surface area contributed by atoms with Gasteiger partial charge in [0.15, 0.2) is 0 Å². The molecule has 0 amide bonds. The molecule has 1 unspecified atom stereocenters. The Kier molecular flexibility index (Phi) is 22.1. The van der Waals surface area contributed by atoms with Crippen LogP contribution in [0.1, 0.15) is 84.9 Å². The molecular weight excluding hydrogens is 278 g/mol. The summed E-state index contributed by atoms with van der Waals surface area (Å²) >= 11 is 0. The number of aryl methyl sites for hydroxylation is 1. The molecule has 23 heavy (non-hydrogen) atoms. The summed E-state index contributed by atoms with van der Waals surface area (Å²) < 4.78 is 0. The average Bonchev–Trinajstić information content (AvgIpc) is 3.03. The van der Waals surface area contributed by atoms with Gasteiger partial charge in [0.1, 0.15) is 0 Å². The lowest BCUT2D eigenvalue weighted by Crippen LogP contribution is -1.94. The lowest BCUT2D eigenvalue weighted by atomic mass is 9.94. The van der Waals surface area contributed by atoms with E-state index in [0.29, 0.717) is 0 Å². The van der Waals surface area contributed by atoms with Crippen molar-refractivity contribution in [3.05, 3.63) is 41.0 Å². The highest BCUT2D eigenvalue weighted by Gasteiger charge is 2.15. The van der Waals surface area contributed by atoms with Gasteiger partial charge in [0, 0.05) is 0 Å². The van der Waals surface area contributed by atoms with Crippen LogP contribution in [0.5, 0.6) is 0 Å². The third-order valence-corrected chi connectivity index (χ3v) is 3.44. The molecule has 1 atom stereocenters. The fourth-order valence-corrected chi connectivity index (χ4v) is 2.22. The lowest BCUT2D eigenvalue weighted by Gasteiger charge is -2.11. The van der Waals surface area contributed by atoms with Crippen LogP contribution in [0, 0.1) is 12.8 Å². The van der Waals surface area contributed by atoms with E-state index in [9.17, 15) is 0 Å². The number of hydrogen-bond acceptors (Lipinski definition) is 1. The van der Waals surface area contributed by atoms with E-state index < -0.39 is 0 Å². The number of hydrogen-bond donors (Lipinski definition) is 1. The Morgan fingerprint density at radius 1 is 1.00 bits per heavy atom. The summed E-state index contributed by atoms with van der Waals surface area (Å²) in [4.78, 5) is 0. The molecule has 1 aliphatic carbocycles. The van der Waals surface area contributed by atoms with Gasteiger partial charge >= 0.3 is 0 Å². The number of allylic oxidation sites excluding steroid dienone is 2. The van der Waals surface area contributed by atoms with Crippen molar-refractivity contribution < 1.29 is 0 Å². The minimum Gasteiger partial charge on any atom is -0.333 e. The third kappa shape index (κ3) is 10.3. The Hall–Kier alpha value is -1.08. The van der Waals surface area contributed by atoms with Crippen LogP contribution in [-0.4, -0.2) is 7.05 Å². The topological polar surface area (TPSA) is 26.0 Å². The molecule has 1 nitrogen and oxygen atoms in total. The molecule has 0 radical (unpaired) electrons. The standard InChI is InChI=1S/C15H20.3C2H6.CH5N/c1-4-11(2)9-14-8-7-13-6-5-12(3)10-15(13)14;4*1-2/h5-6,8,10-11H,4,7,9H2,1-3H3;3*1-2H3;2H2,1H3. The van der Waals surface area contributed by atoms with Gasteiger partial charge in [0.2, 0.25) is 0 Å². The van der Waals surface area contributed by atoms with Crippen LogP contribution in [-0.2, 0) is 6.42 Å². The van der Waals surface area contributed by atoms with Crippen LogP contribution < -0.4 is 5.73 Å². The first-order valence-corrected chi connectivity index (χ1v) is 9.57. The molecule has 0 bridgehead atoms. The Morgan fingerprint density at radius 2 is 1.52 bits per heavy atom. The normalized spacial score (nSPS) is 11.5. The summed E-state index contributed by atoms with van der Waals surface area (Å²) in [5.74, 6) is 0.808. The first-order chi connectivity index (χ1) is 11.2. The van der Waals surface area contributed by atoms with Crippen LogP contribution >= 0.6 is 0 Å². The maximum Gasteiger partial charge on any atom is -0.00854 e. The minimum absolute atomic E-state index is 0.808. The molecule has 1 aromatic rings. The zero-order valence-corrected chi connectivity index (χ0v) is 17.6. The molecule has 0 fully saturated rings. The fourth-order valence-electron chi connectivity index (χ4n) is 2.22. The van der Waals surface area contributed by atoms with Crippen LogP contribution in [0.25, 0.3) is 5.57 Å². The van der Waals surface area contributed by atoms with Gasteiger partial charge in [-0.05, 0) is 49.4 Å². The van der Waals surface area contributed by atoms with Gasteiger partial charge in [-0.25, -0.2) is 0 Å². The van der Waals surface area contributed by atoms with E-state index >= 15 is 0 Å². The molecule has 0 saturated carbocycles. The second kappa shape index (κ2) is 19.0. The maximum absolute atomic E-state index is 4.50. The molecule has 0 heterocycles. The molecule has 1 aromatic carbocycles. The van der Waals surface area contributed by atoms with Crippen LogP contribution in [0.2, 0.25) is 0 Å². The van der Waals surface area contributed by atoms with Crippen LogP contribution in [0.4, 0.5) is 0 Å². The van der Waals surface area contributed by atoms with Crippen molar-refractivity contribution in [1.82, 2.24) is 0 Å². The van der Waals surface area contributed by atoms with Crippen molar-refractivity contribution >= 4 is 5.57 Å². The predicted molar refractivity (Wildman–Crippen MR) is 111 cm³/mol. The second-order valence-corrected chi connectivity index (χ2v) is 4.81. The summed E-state index contributed by atoms with van der Waals surface area (Å²) in [6.07, 6.45) is 6.07. The molecule has 0 aromatic heterocycles. The highest BCUT2D eigenvalue weighted by atomic mass is 14.4. The Bertz CT molecular complexity index is 391. The van der Waals surface area contributed by atoms with E-state index in [1.165, 1.54) is 36.6 Å². The summed E-state index contributed by atoms with van der Waals surface area (Å²) in [6, 6.07) is 6.85. The molecule has 0 aliphatic heterocycles. The van der Waals surface area contributed by atoms with E-state index in [1.54, 1.807) is 5.57 Å². The van der Waals surface area contributed by atoms with Crippen molar-refractivity contribution in [2.24, 2.45) is 11.7 Å². The number of benzene rings is 1. The van der Waals surface area contributed by atoms with Gasteiger partial charge in [-0.15, -0.1) is 0 Å². The van der Waals surface area contributed by atoms with E-state index in [-0.39, 0.29) is 0 Å². The van der Waals surface area contributed by atoms with E-state index in [4.69, 9.17) is 0 Å². The van der Waals surface area contributed by atoms with Crippen LogP contribution in [0.3, 0.4) is 0 Å². The molecule has 0 saturated heterocycles. The van der Waals surface area contributed by atoms with Crippen molar-refractivity contribution in [3.63, 3.8) is 0 Å². The molecule has 2 N–H and O–H groups in total. The van der Waals surface area contributed by atoms with Gasteiger partial charge < -0.3 is 5.73 Å². The quantitative estimate of drug-likeness (QED) is 0.635. The van der Waals surface area contributed by atoms with Crippen molar-refractivity contribution in [2.75, 3.05) is 7.05 Å². The van der Waals surface area contributed by atoms with E-state index in [2.05, 4.69) is 50.8 Å². The Balaban J connectivity index is -0.000000438. The van der Waals surface area contributed by atoms with Gasteiger partial charge in [-0.3, -0.25) is 0 Å². The monoisotopic (exact) mass is 321 g/mol. The van der Waals surface area contributed by atoms with Gasteiger partial charge in [-0.2, -0.15) is 0 Å². The highest BCUT2D eigenvalue weighted by molar-refractivity contribution is 5.73. The smallest absolute Gasteiger partial charge is 0.00854 e. The van der Waals surface area contributed by atoms with Crippen molar-refractivity contribution in [3.8, 4) is 0 Å². The van der Waals surface area contributed by atoms with E-state index in [1.807, 2.05) is 41.5 Å². The highest BCUT2D eigenvalue weighted by Crippen LogP contribution is 2.33. The zero-order chi connectivity index (χ0) is 18.8. The molecule has 2 rings (SSSR count). The fraction of sp³-hybridized carbons (Fsp3) is 0.636. The largest absolute Gasteiger partial charge is 0.333 e. The predicted octanol–water partition coefficient (Wildman–Crippen LogP) is 7.02. The first-order valence-electron chi connectivity index (χ1n) is 9.57. The summed E-state index contributed by atoms with van der Waals surface area (Å²) in [6.45, 7) is 18.8. The third-order valence-electron chi connectivity index (χ3n) is 3.44. The number of nitrogens with two attached hydrogens (primary N) is 1. The SMILES string of the molecule is CC.CC.CC.CCC(C)CC1=CCc2ccc(C)cc21.CN. The van der Waals surface area contributed by atoms with Gasteiger partial charge in [-0.1, -0.05) is 91.6 Å². The van der Waals surface area contributed by atoms with Gasteiger partial charge in [0.05, 0.1) is 0 Å². The molecule has 136 valence electrons. The van der Waals surface area contributed by atoms with Crippen LogP contribution in [0.15, 0.2) is 24.3 Å². The average molecular weight is 322 g/mol. The Labute approximate surface area is 147 Å². The summed E-state index contributed by atoms with van der Waals surface area (Å²) in [5.41, 5.74) is 10.5. The molecule has 1 aliphatic rings. The lowest BCUT2D eigenvalue weighted by molar-refractivity contribution is 0.579. The molecule has 1 heteroatoms. The summed E-state index contributed by atoms with van der Waals surface area (Å²) in [5, 5.41) is 0. The molecule has 0 spiro atoms. The first kappa shape index (κ1) is 26.8. The second-order valence-electron chi connectivity index (χ2n) is 4.81. The van der Waals surface area contributed by atoms with Crippen molar-refractivity contribution in [1.29, 1.82) is 0 Å². The summed E-state index contributed by atoms with van der Waals surface area (Å²) in [7, 11) is 1.50. The Morgan fingerprint density at radius 3 is 2.00 bits per heavy atom.